The molecule has 4 rings (SSSR count). The molecule has 0 aliphatic rings. The highest BCUT2D eigenvalue weighted by atomic mass is 35.5. The smallest absolute Gasteiger partial charge is 0.151 e. The minimum absolute atomic E-state index is 0.154. The van der Waals surface area contributed by atoms with E-state index in [1.807, 2.05) is 18.2 Å². The fourth-order valence-corrected chi connectivity index (χ4v) is 5.29. The lowest BCUT2D eigenvalue weighted by atomic mass is 9.87. The van der Waals surface area contributed by atoms with Crippen LogP contribution in [-0.4, -0.2) is 16.3 Å². The molecule has 0 saturated heterocycles. The van der Waals surface area contributed by atoms with Crippen molar-refractivity contribution in [2.45, 2.75) is 36.3 Å². The first-order valence-electron chi connectivity index (χ1n) is 9.93. The summed E-state index contributed by atoms with van der Waals surface area (Å²) in [7, 11) is 0. The van der Waals surface area contributed by atoms with E-state index in [-0.39, 0.29) is 11.2 Å². The van der Waals surface area contributed by atoms with E-state index in [1.54, 1.807) is 47.5 Å². The molecule has 0 aliphatic carbocycles. The van der Waals surface area contributed by atoms with E-state index in [9.17, 15) is 5.11 Å². The molecule has 3 nitrogen and oxygen atoms in total. The third kappa shape index (κ3) is 5.48. The van der Waals surface area contributed by atoms with E-state index >= 15 is 0 Å². The first-order valence-corrected chi connectivity index (χ1v) is 12.1. The largest absolute Gasteiger partial charge is 0.507 e. The van der Waals surface area contributed by atoms with Crippen LogP contribution in [0.2, 0.25) is 5.02 Å². The van der Waals surface area contributed by atoms with Crippen molar-refractivity contribution >= 4 is 56.8 Å². The number of fused-ring (bicyclic) bond motifs is 1. The molecule has 0 aliphatic heterocycles. The standard InChI is InChI=1S/C25H23ClN2OS2/c1-25(2,3)18-6-4-16(5-7-18)15-30-24-28-21-10-9-20(13-23(21)31-24)27-14-17-12-19(26)8-11-22(17)29/h4-14,29H,15H2,1-3H3. The van der Waals surface area contributed by atoms with Gasteiger partial charge in [0.25, 0.3) is 0 Å². The Bertz CT molecular complexity index is 1240. The molecule has 1 aromatic heterocycles. The monoisotopic (exact) mass is 466 g/mol. The number of aromatic nitrogens is 1. The number of rotatable bonds is 5. The number of phenolic OH excluding ortho intramolecular Hbond substituents is 1. The molecule has 6 heteroatoms. The van der Waals surface area contributed by atoms with Crippen molar-refractivity contribution in [1.29, 1.82) is 0 Å². The Morgan fingerprint density at radius 2 is 1.84 bits per heavy atom. The molecule has 1 heterocycles. The topological polar surface area (TPSA) is 45.5 Å². The van der Waals surface area contributed by atoms with E-state index in [0.717, 1.165) is 26.0 Å². The van der Waals surface area contributed by atoms with Crippen LogP contribution in [0.25, 0.3) is 10.2 Å². The molecule has 0 atom stereocenters. The molecule has 0 amide bonds. The summed E-state index contributed by atoms with van der Waals surface area (Å²) in [5, 5.41) is 10.5. The minimum atomic E-state index is 0.154. The number of thioether (sulfide) groups is 1. The zero-order valence-electron chi connectivity index (χ0n) is 17.6. The Kier molecular flexibility index (Phi) is 6.37. The number of nitrogens with zero attached hydrogens (tertiary/aromatic N) is 2. The van der Waals surface area contributed by atoms with Gasteiger partial charge in [0.05, 0.1) is 15.9 Å². The first-order chi connectivity index (χ1) is 14.8. The van der Waals surface area contributed by atoms with Gasteiger partial charge < -0.3 is 5.11 Å². The number of thiazole rings is 1. The van der Waals surface area contributed by atoms with Crippen LogP contribution < -0.4 is 0 Å². The second-order valence-electron chi connectivity index (χ2n) is 8.33. The normalized spacial score (nSPS) is 12.1. The molecule has 4 aromatic rings. The molecule has 1 N–H and O–H groups in total. The zero-order valence-corrected chi connectivity index (χ0v) is 20.0. The number of hydrogen-bond donors (Lipinski definition) is 1. The van der Waals surface area contributed by atoms with Crippen molar-refractivity contribution < 1.29 is 5.11 Å². The van der Waals surface area contributed by atoms with Gasteiger partial charge in [0, 0.05) is 22.6 Å². The van der Waals surface area contributed by atoms with Crippen LogP contribution in [-0.2, 0) is 11.2 Å². The molecular weight excluding hydrogens is 444 g/mol. The Hall–Kier alpha value is -2.34. The van der Waals surface area contributed by atoms with Crippen molar-refractivity contribution in [1.82, 2.24) is 4.98 Å². The summed E-state index contributed by atoms with van der Waals surface area (Å²) in [6, 6.07) is 19.7. The van der Waals surface area contributed by atoms with Gasteiger partial charge in [-0.15, -0.1) is 11.3 Å². The number of halogens is 1. The molecule has 0 bridgehead atoms. The number of phenols is 1. The Morgan fingerprint density at radius 3 is 2.58 bits per heavy atom. The Balaban J connectivity index is 1.46. The maximum absolute atomic E-state index is 9.94. The van der Waals surface area contributed by atoms with Gasteiger partial charge in [0.2, 0.25) is 0 Å². The van der Waals surface area contributed by atoms with Gasteiger partial charge >= 0.3 is 0 Å². The molecule has 158 valence electrons. The predicted molar refractivity (Wildman–Crippen MR) is 135 cm³/mol. The quantitative estimate of drug-likeness (QED) is 0.239. The average molecular weight is 467 g/mol. The first kappa shape index (κ1) is 21.9. The SMILES string of the molecule is CC(C)(C)c1ccc(CSc2nc3ccc(N=Cc4cc(Cl)ccc4O)cc3s2)cc1. The molecule has 0 fully saturated rings. The van der Waals surface area contributed by atoms with E-state index < -0.39 is 0 Å². The van der Waals surface area contributed by atoms with Gasteiger partial charge in [0.1, 0.15) is 5.75 Å². The van der Waals surface area contributed by atoms with E-state index in [0.29, 0.717) is 10.6 Å². The molecule has 31 heavy (non-hydrogen) atoms. The van der Waals surface area contributed by atoms with Crippen LogP contribution >= 0.6 is 34.7 Å². The number of benzene rings is 3. The molecule has 0 spiro atoms. The molecule has 0 radical (unpaired) electrons. The molecule has 0 saturated carbocycles. The van der Waals surface area contributed by atoms with Gasteiger partial charge in [-0.2, -0.15) is 0 Å². The van der Waals surface area contributed by atoms with Gasteiger partial charge in [-0.25, -0.2) is 4.98 Å². The number of aromatic hydroxyl groups is 1. The third-order valence-electron chi connectivity index (χ3n) is 4.88. The van der Waals surface area contributed by atoms with E-state index in [2.05, 4.69) is 50.0 Å². The van der Waals surface area contributed by atoms with Crippen LogP contribution in [0.5, 0.6) is 5.75 Å². The Labute approximate surface area is 195 Å². The van der Waals surface area contributed by atoms with Crippen LogP contribution in [0.4, 0.5) is 5.69 Å². The summed E-state index contributed by atoms with van der Waals surface area (Å²) in [4.78, 5) is 9.23. The fourth-order valence-electron chi connectivity index (χ4n) is 3.05. The maximum atomic E-state index is 9.94. The minimum Gasteiger partial charge on any atom is -0.507 e. The average Bonchev–Trinajstić information content (AvgIpc) is 3.15. The second kappa shape index (κ2) is 9.03. The van der Waals surface area contributed by atoms with E-state index in [4.69, 9.17) is 16.6 Å². The van der Waals surface area contributed by atoms with Gasteiger partial charge in [0.15, 0.2) is 4.34 Å². The molecular formula is C25H23ClN2OS2. The lowest BCUT2D eigenvalue weighted by Crippen LogP contribution is -2.10. The van der Waals surface area contributed by atoms with Crippen molar-refractivity contribution in [3.63, 3.8) is 0 Å². The van der Waals surface area contributed by atoms with Crippen LogP contribution in [0.1, 0.15) is 37.5 Å². The highest BCUT2D eigenvalue weighted by molar-refractivity contribution is 8.00. The highest BCUT2D eigenvalue weighted by Gasteiger charge is 2.13. The summed E-state index contributed by atoms with van der Waals surface area (Å²) in [6.45, 7) is 6.69. The highest BCUT2D eigenvalue weighted by Crippen LogP contribution is 2.34. The van der Waals surface area contributed by atoms with Crippen molar-refractivity contribution in [2.24, 2.45) is 4.99 Å². The predicted octanol–water partition coefficient (Wildman–Crippen LogP) is 8.00. The van der Waals surface area contributed by atoms with Gasteiger partial charge in [-0.05, 0) is 52.9 Å². The second-order valence-corrected chi connectivity index (χ2v) is 11.0. The van der Waals surface area contributed by atoms with Gasteiger partial charge in [-0.1, -0.05) is 68.4 Å². The summed E-state index contributed by atoms with van der Waals surface area (Å²) in [6.07, 6.45) is 1.63. The van der Waals surface area contributed by atoms with Crippen LogP contribution in [0, 0.1) is 0 Å². The lowest BCUT2D eigenvalue weighted by molar-refractivity contribution is 0.474. The summed E-state index contributed by atoms with van der Waals surface area (Å²) >= 11 is 9.43. The van der Waals surface area contributed by atoms with Gasteiger partial charge in [-0.3, -0.25) is 4.99 Å². The van der Waals surface area contributed by atoms with Crippen molar-refractivity contribution in [3.8, 4) is 5.75 Å². The summed E-state index contributed by atoms with van der Waals surface area (Å²) < 4.78 is 2.14. The Morgan fingerprint density at radius 1 is 1.06 bits per heavy atom. The number of aliphatic imine (C=N–C) groups is 1. The zero-order chi connectivity index (χ0) is 22.0. The van der Waals surface area contributed by atoms with Crippen LogP contribution in [0.3, 0.4) is 0 Å². The molecule has 3 aromatic carbocycles. The van der Waals surface area contributed by atoms with E-state index in [1.165, 1.54) is 11.1 Å². The summed E-state index contributed by atoms with van der Waals surface area (Å²) in [5.74, 6) is 1.05. The van der Waals surface area contributed by atoms with Crippen molar-refractivity contribution in [3.05, 3.63) is 82.4 Å². The number of hydrogen-bond acceptors (Lipinski definition) is 5. The molecule has 0 unspecified atom stereocenters. The summed E-state index contributed by atoms with van der Waals surface area (Å²) in [5.41, 5.74) is 5.18. The third-order valence-corrected chi connectivity index (χ3v) is 7.34. The maximum Gasteiger partial charge on any atom is 0.151 e. The fraction of sp³-hybridized carbons (Fsp3) is 0.200. The van der Waals surface area contributed by atoms with Crippen molar-refractivity contribution in [2.75, 3.05) is 0 Å². The lowest BCUT2D eigenvalue weighted by Gasteiger charge is -2.19. The van der Waals surface area contributed by atoms with Crippen LogP contribution in [0.15, 0.2) is 70.0 Å².